The summed E-state index contributed by atoms with van der Waals surface area (Å²) in [5.41, 5.74) is 1.19. The van der Waals surface area contributed by atoms with Gasteiger partial charge in [-0.2, -0.15) is 0 Å². The van der Waals surface area contributed by atoms with Crippen LogP contribution < -0.4 is 0 Å². The summed E-state index contributed by atoms with van der Waals surface area (Å²) >= 11 is 1.61. The molecule has 1 aliphatic carbocycles. The Hall–Kier alpha value is -1.44. The number of fused-ring (bicyclic) bond motifs is 1. The lowest BCUT2D eigenvalue weighted by Crippen LogP contribution is -2.44. The van der Waals surface area contributed by atoms with Crippen molar-refractivity contribution in [3.63, 3.8) is 0 Å². The van der Waals surface area contributed by atoms with Gasteiger partial charge in [-0.15, -0.1) is 11.3 Å². The Bertz CT molecular complexity index is 648. The maximum atomic E-state index is 12.7. The molecular weight excluding hydrogens is 340 g/mol. The summed E-state index contributed by atoms with van der Waals surface area (Å²) in [6.07, 6.45) is 2.55. The first kappa shape index (κ1) is 17.0. The lowest BCUT2D eigenvalue weighted by molar-refractivity contribution is -0.140. The van der Waals surface area contributed by atoms with Crippen molar-refractivity contribution in [2.75, 3.05) is 52.6 Å². The van der Waals surface area contributed by atoms with Gasteiger partial charge in [-0.25, -0.2) is 0 Å². The molecule has 2 fully saturated rings. The van der Waals surface area contributed by atoms with Crippen molar-refractivity contribution >= 4 is 23.2 Å². The van der Waals surface area contributed by atoms with E-state index in [1.807, 2.05) is 15.9 Å². The summed E-state index contributed by atoms with van der Waals surface area (Å²) in [4.78, 5) is 31.3. The SMILES string of the molecule is O=C(c1cc2c(s1)CC[C@@H](C(=O)N1CCOCC1)C2)N1CCOCC1. The van der Waals surface area contributed by atoms with E-state index in [-0.39, 0.29) is 17.7 Å². The second-order valence-corrected chi connectivity index (χ2v) is 7.98. The summed E-state index contributed by atoms with van der Waals surface area (Å²) < 4.78 is 10.7. The average Bonchev–Trinajstić information content (AvgIpc) is 3.11. The molecule has 2 saturated heterocycles. The van der Waals surface area contributed by atoms with Crippen LogP contribution in [0.2, 0.25) is 0 Å². The third-order valence-corrected chi connectivity index (χ3v) is 6.49. The summed E-state index contributed by atoms with van der Waals surface area (Å²) in [7, 11) is 0. The molecule has 1 atom stereocenters. The molecule has 0 unspecified atom stereocenters. The molecule has 6 nitrogen and oxygen atoms in total. The van der Waals surface area contributed by atoms with Crippen LogP contribution in [0.15, 0.2) is 6.07 Å². The summed E-state index contributed by atoms with van der Waals surface area (Å²) in [5.74, 6) is 0.409. The smallest absolute Gasteiger partial charge is 0.264 e. The van der Waals surface area contributed by atoms with E-state index in [0.717, 1.165) is 24.1 Å². The number of nitrogens with zero attached hydrogens (tertiary/aromatic N) is 2. The van der Waals surface area contributed by atoms with Crippen molar-refractivity contribution in [1.29, 1.82) is 0 Å². The maximum absolute atomic E-state index is 12.7. The van der Waals surface area contributed by atoms with E-state index in [9.17, 15) is 9.59 Å². The first-order chi connectivity index (χ1) is 12.2. The van der Waals surface area contributed by atoms with Gasteiger partial charge in [-0.3, -0.25) is 9.59 Å². The predicted octanol–water partition coefficient (Wildman–Crippen LogP) is 1.18. The Morgan fingerprint density at radius 3 is 2.32 bits per heavy atom. The number of morpholine rings is 2. The normalized spacial score (nSPS) is 24.1. The number of aryl methyl sites for hydroxylation is 1. The lowest BCUT2D eigenvalue weighted by Gasteiger charge is -2.31. The zero-order valence-corrected chi connectivity index (χ0v) is 15.2. The van der Waals surface area contributed by atoms with E-state index in [4.69, 9.17) is 9.47 Å². The molecule has 25 heavy (non-hydrogen) atoms. The molecule has 2 aliphatic heterocycles. The second-order valence-electron chi connectivity index (χ2n) is 6.84. The predicted molar refractivity (Wildman–Crippen MR) is 94.0 cm³/mol. The Kier molecular flexibility index (Phi) is 5.05. The molecular formula is C18H24N2O4S. The fourth-order valence-corrected chi connectivity index (χ4v) is 4.98. The van der Waals surface area contributed by atoms with Gasteiger partial charge in [0, 0.05) is 37.0 Å². The second kappa shape index (κ2) is 7.43. The van der Waals surface area contributed by atoms with E-state index in [0.29, 0.717) is 52.6 Å². The van der Waals surface area contributed by atoms with Gasteiger partial charge in [0.1, 0.15) is 0 Å². The van der Waals surface area contributed by atoms with Gasteiger partial charge in [0.15, 0.2) is 0 Å². The molecule has 3 aliphatic rings. The Morgan fingerprint density at radius 2 is 1.64 bits per heavy atom. The maximum Gasteiger partial charge on any atom is 0.264 e. The van der Waals surface area contributed by atoms with Gasteiger partial charge in [0.25, 0.3) is 5.91 Å². The fraction of sp³-hybridized carbons (Fsp3) is 0.667. The number of hydrogen-bond donors (Lipinski definition) is 0. The van der Waals surface area contributed by atoms with Crippen LogP contribution in [0.5, 0.6) is 0 Å². The van der Waals surface area contributed by atoms with Gasteiger partial charge in [0.05, 0.1) is 31.3 Å². The molecule has 1 aromatic heterocycles. The van der Waals surface area contributed by atoms with Crippen molar-refractivity contribution in [2.45, 2.75) is 19.3 Å². The van der Waals surface area contributed by atoms with Gasteiger partial charge < -0.3 is 19.3 Å². The first-order valence-electron chi connectivity index (χ1n) is 9.07. The summed E-state index contributed by atoms with van der Waals surface area (Å²) in [6.45, 7) is 5.25. The van der Waals surface area contributed by atoms with Crippen LogP contribution >= 0.6 is 11.3 Å². The highest BCUT2D eigenvalue weighted by Gasteiger charge is 2.31. The minimum Gasteiger partial charge on any atom is -0.378 e. The summed E-state index contributed by atoms with van der Waals surface area (Å²) in [6, 6.07) is 2.02. The van der Waals surface area contributed by atoms with E-state index in [1.54, 1.807) is 11.3 Å². The fourth-order valence-electron chi connectivity index (χ4n) is 3.80. The third kappa shape index (κ3) is 3.59. The Morgan fingerprint density at radius 1 is 1.00 bits per heavy atom. The largest absolute Gasteiger partial charge is 0.378 e. The lowest BCUT2D eigenvalue weighted by atomic mass is 9.87. The number of thiophene rings is 1. The van der Waals surface area contributed by atoms with Crippen LogP contribution in [-0.2, 0) is 27.1 Å². The first-order valence-corrected chi connectivity index (χ1v) is 9.89. The molecule has 4 rings (SSSR count). The molecule has 0 aromatic carbocycles. The van der Waals surface area contributed by atoms with Crippen molar-refractivity contribution in [1.82, 2.24) is 9.80 Å². The zero-order valence-electron chi connectivity index (χ0n) is 14.4. The number of hydrogen-bond acceptors (Lipinski definition) is 5. The molecule has 3 heterocycles. The van der Waals surface area contributed by atoms with Crippen LogP contribution in [0, 0.1) is 5.92 Å². The molecule has 0 bridgehead atoms. The van der Waals surface area contributed by atoms with Gasteiger partial charge in [-0.1, -0.05) is 0 Å². The van der Waals surface area contributed by atoms with Crippen molar-refractivity contribution in [3.8, 4) is 0 Å². The Labute approximate surface area is 151 Å². The van der Waals surface area contributed by atoms with Gasteiger partial charge >= 0.3 is 0 Å². The molecule has 0 saturated carbocycles. The zero-order chi connectivity index (χ0) is 17.2. The average molecular weight is 364 g/mol. The standard InChI is InChI=1S/C18H24N2O4S/c21-17(19-3-7-23-8-4-19)13-1-2-15-14(11-13)12-16(25-15)18(22)20-5-9-24-10-6-20/h12-13H,1-11H2/t13-/m1/s1. The third-order valence-electron chi connectivity index (χ3n) is 5.26. The molecule has 0 N–H and O–H groups in total. The van der Waals surface area contributed by atoms with Crippen molar-refractivity contribution < 1.29 is 19.1 Å². The molecule has 7 heteroatoms. The van der Waals surface area contributed by atoms with E-state index in [2.05, 4.69) is 0 Å². The van der Waals surface area contributed by atoms with Gasteiger partial charge in [-0.05, 0) is 30.9 Å². The molecule has 1 aromatic rings. The highest BCUT2D eigenvalue weighted by Crippen LogP contribution is 2.34. The number of carbonyl (C=O) groups excluding carboxylic acids is 2. The number of carbonyl (C=O) groups is 2. The van der Waals surface area contributed by atoms with Crippen molar-refractivity contribution in [3.05, 3.63) is 21.4 Å². The Balaban J connectivity index is 1.43. The highest BCUT2D eigenvalue weighted by molar-refractivity contribution is 7.14. The van der Waals surface area contributed by atoms with E-state index in [1.165, 1.54) is 10.4 Å². The van der Waals surface area contributed by atoms with Crippen LogP contribution in [0.25, 0.3) is 0 Å². The number of ether oxygens (including phenoxy) is 2. The number of rotatable bonds is 2. The molecule has 136 valence electrons. The molecule has 0 spiro atoms. The van der Waals surface area contributed by atoms with Gasteiger partial charge in [0.2, 0.25) is 5.91 Å². The minimum absolute atomic E-state index is 0.0477. The quantitative estimate of drug-likeness (QED) is 0.791. The van der Waals surface area contributed by atoms with E-state index < -0.39 is 0 Å². The van der Waals surface area contributed by atoms with Crippen LogP contribution in [0.3, 0.4) is 0 Å². The summed E-state index contributed by atoms with van der Waals surface area (Å²) in [5, 5.41) is 0. The number of amides is 2. The topological polar surface area (TPSA) is 59.1 Å². The van der Waals surface area contributed by atoms with Crippen LogP contribution in [0.1, 0.15) is 26.5 Å². The van der Waals surface area contributed by atoms with Crippen LogP contribution in [0.4, 0.5) is 0 Å². The van der Waals surface area contributed by atoms with E-state index >= 15 is 0 Å². The van der Waals surface area contributed by atoms with Crippen LogP contribution in [-0.4, -0.2) is 74.2 Å². The molecule has 2 amide bonds. The highest BCUT2D eigenvalue weighted by atomic mass is 32.1. The minimum atomic E-state index is 0.0477. The molecule has 0 radical (unpaired) electrons. The van der Waals surface area contributed by atoms with Crippen molar-refractivity contribution in [2.24, 2.45) is 5.92 Å². The monoisotopic (exact) mass is 364 g/mol.